The predicted octanol–water partition coefficient (Wildman–Crippen LogP) is 13.0. The smallest absolute Gasteiger partial charge is 0.272 e. The van der Waals surface area contributed by atoms with E-state index in [0.717, 1.165) is 49.9 Å². The monoisotopic (exact) mass is 1490 g/mol. The minimum absolute atomic E-state index is 0.00710. The molecule has 7 amide bonds. The van der Waals surface area contributed by atoms with E-state index >= 15 is 0 Å². The van der Waals surface area contributed by atoms with Crippen molar-refractivity contribution in [1.29, 1.82) is 0 Å². The Morgan fingerprint density at radius 1 is 0.548 bits per heavy atom. The third-order valence-electron chi connectivity index (χ3n) is 22.3. The van der Waals surface area contributed by atoms with Crippen molar-refractivity contribution in [2.24, 2.45) is 16.2 Å². The molecule has 3 saturated carbocycles. The fraction of sp³-hybridized carbons (Fsp3) is 0.467. The molecular weight excluding hydrogens is 1410 g/mol. The zero-order valence-electron chi connectivity index (χ0n) is 58.5. The lowest BCUT2D eigenvalue weighted by atomic mass is 9.67. The van der Waals surface area contributed by atoms with Gasteiger partial charge in [-0.15, -0.1) is 0 Å². The predicted molar refractivity (Wildman–Crippen MR) is 385 cm³/mol. The van der Waals surface area contributed by atoms with E-state index in [2.05, 4.69) is 46.1 Å². The number of nitrogens with one attached hydrogen (secondary N) is 4. The molecule has 3 aromatic carbocycles. The van der Waals surface area contributed by atoms with Gasteiger partial charge in [-0.3, -0.25) is 33.6 Å². The molecule has 7 fully saturated rings. The number of amides is 7. The van der Waals surface area contributed by atoms with Gasteiger partial charge in [0, 0.05) is 71.6 Å². The number of H-pyrrole nitrogens is 1. The van der Waals surface area contributed by atoms with Crippen molar-refractivity contribution in [3.8, 4) is 0 Å². The van der Waals surface area contributed by atoms with Crippen LogP contribution in [0.4, 0.5) is 34.6 Å². The Balaban J connectivity index is 0.000000139. The van der Waals surface area contributed by atoms with Gasteiger partial charge in [0.15, 0.2) is 17.0 Å². The lowest BCUT2D eigenvalue weighted by Crippen LogP contribution is -2.53. The number of benzene rings is 3. The molecule has 29 heteroatoms. The first-order valence-corrected chi connectivity index (χ1v) is 36.7. The number of hydrogen-bond acceptors (Lipinski definition) is 12. The number of alkyl halides is 1. The molecule has 3 spiro atoms. The molecule has 0 unspecified atom stereocenters. The number of piperidine rings is 3. The third kappa shape index (κ3) is 14.5. The molecule has 8 aromatic rings. The van der Waals surface area contributed by atoms with Crippen LogP contribution in [-0.2, 0) is 14.4 Å². The van der Waals surface area contributed by atoms with Gasteiger partial charge in [-0.2, -0.15) is 10.2 Å². The number of halogens is 7. The summed E-state index contributed by atoms with van der Waals surface area (Å²) in [6.07, 6.45) is 17.9. The van der Waals surface area contributed by atoms with Crippen molar-refractivity contribution in [3.05, 3.63) is 163 Å². The molecule has 22 nitrogen and oxygen atoms in total. The quantitative estimate of drug-likeness (QED) is 0.0932. The molecule has 4 saturated heterocycles. The van der Waals surface area contributed by atoms with Gasteiger partial charge in [0.2, 0.25) is 17.7 Å². The average molecular weight is 1490 g/mol. The standard InChI is InChI=1S/C26H29ClFN5O2.C25H28ClF2N5O3.C24H25ClFN5O2/c1-15-11-22(20(27)13-21(15)28)32-10-4-7-26(25(32)35)8-5-18(6-9-26)31-24(34)19-14-29-33-17(3)12-16(2)30-23(19)33;1-14-9-19(17(26)10-18(14)28)33-8-2-5-25(24(33)36)6-3-16(4-7-25)31-22(34)20-21(30-13-29-20)23(35)32-11-15(27)12-32;1-15-12-19(17(25)13-18(15)26)30-11-3-7-24(23(30)33)8-5-16(6-9-24)29-22(32)20-14-27-21-4-2-10-28-31(20)21/h11-14,18H,4-10H2,1-3H3,(H,31,34);9-10,13,15-16H,2-8,11-12H2,1H3,(H,29,30)(H,31,34);2,4,10,12-14,16H,3,5-9,11H2,1H3,(H,29,32). The Kier molecular flexibility index (Phi) is 21.0. The number of rotatable bonds is 10. The van der Waals surface area contributed by atoms with E-state index in [9.17, 15) is 51.1 Å². The highest BCUT2D eigenvalue weighted by Crippen LogP contribution is 2.50. The van der Waals surface area contributed by atoms with Crippen LogP contribution in [0.25, 0.3) is 11.3 Å². The highest BCUT2D eigenvalue weighted by Gasteiger charge is 2.50. The molecule has 15 rings (SSSR count). The summed E-state index contributed by atoms with van der Waals surface area (Å²) in [5.74, 6) is -2.38. The van der Waals surface area contributed by atoms with Gasteiger partial charge in [0.05, 0.1) is 63.9 Å². The van der Waals surface area contributed by atoms with Crippen molar-refractivity contribution in [2.45, 2.75) is 174 Å². The SMILES string of the molecule is Cc1cc(C)n2ncc(C(=O)NC3CCC4(CCCN(c5cc(C)c(F)cc5Cl)C4=O)CC3)c2n1.Cc1cc(N2CCCC3(CCC(NC(=O)c4cnc5cccnn45)CC3)C2=O)c(Cl)cc1F.Cc1cc(N2CCCC3(CCC(NC(=O)c4nc[nH]c4C(=O)N4CC(F)C4)CC3)C2=O)c(Cl)cc1F. The molecule has 5 aromatic heterocycles. The summed E-state index contributed by atoms with van der Waals surface area (Å²) in [6.45, 7) is 10.5. The van der Waals surface area contributed by atoms with Crippen molar-refractivity contribution < 1.29 is 51.1 Å². The molecule has 0 bridgehead atoms. The van der Waals surface area contributed by atoms with Crippen molar-refractivity contribution >= 4 is 105 Å². The zero-order valence-corrected chi connectivity index (χ0v) is 60.8. The van der Waals surface area contributed by atoms with E-state index in [4.69, 9.17) is 34.8 Å². The summed E-state index contributed by atoms with van der Waals surface area (Å²) >= 11 is 18.9. The topological polar surface area (TPSA) is 258 Å². The normalized spacial score (nSPS) is 23.6. The Morgan fingerprint density at radius 2 is 0.990 bits per heavy atom. The molecule has 0 atom stereocenters. The number of imidazole rings is 2. The highest BCUT2D eigenvalue weighted by atomic mass is 35.5. The Labute approximate surface area is 613 Å². The van der Waals surface area contributed by atoms with Gasteiger partial charge in [-0.05, 0) is 221 Å². The van der Waals surface area contributed by atoms with E-state index in [1.54, 1.807) is 82.7 Å². The maximum absolute atomic E-state index is 13.9. The minimum Gasteiger partial charge on any atom is -0.349 e. The van der Waals surface area contributed by atoms with Gasteiger partial charge < -0.3 is 40.5 Å². The van der Waals surface area contributed by atoms with Crippen molar-refractivity contribution in [1.82, 2.24) is 60.0 Å². The van der Waals surface area contributed by atoms with Crippen LogP contribution in [0.15, 0.2) is 79.5 Å². The van der Waals surface area contributed by atoms with Crippen LogP contribution in [0.1, 0.15) is 185 Å². The number of anilines is 3. The number of aromatic amines is 1. The highest BCUT2D eigenvalue weighted by molar-refractivity contribution is 6.35. The number of aromatic nitrogens is 8. The molecule has 4 aliphatic heterocycles. The Hall–Kier alpha value is -9.01. The number of carbonyl (C=O) groups is 7. The van der Waals surface area contributed by atoms with Crippen LogP contribution in [-0.4, -0.2) is 142 Å². The summed E-state index contributed by atoms with van der Waals surface area (Å²) in [5.41, 5.74) is 5.41. The zero-order chi connectivity index (χ0) is 73.7. The first-order chi connectivity index (χ1) is 49.7. The van der Waals surface area contributed by atoms with Crippen LogP contribution in [0.5, 0.6) is 0 Å². The molecule has 7 aliphatic rings. The fourth-order valence-corrected chi connectivity index (χ4v) is 17.1. The molecular formula is C75H82Cl3F4N15O7. The number of fused-ring (bicyclic) bond motifs is 2. The first-order valence-electron chi connectivity index (χ1n) is 35.6. The summed E-state index contributed by atoms with van der Waals surface area (Å²) in [5, 5.41) is 18.4. The van der Waals surface area contributed by atoms with Crippen molar-refractivity contribution in [3.63, 3.8) is 0 Å². The lowest BCUT2D eigenvalue weighted by Gasteiger charge is -2.45. The Morgan fingerprint density at radius 3 is 1.44 bits per heavy atom. The van der Waals surface area contributed by atoms with Crippen LogP contribution in [0.2, 0.25) is 15.1 Å². The van der Waals surface area contributed by atoms with Gasteiger partial charge in [-0.25, -0.2) is 41.5 Å². The molecule has 3 aliphatic carbocycles. The van der Waals surface area contributed by atoms with E-state index < -0.39 is 40.0 Å². The first kappa shape index (κ1) is 73.3. The van der Waals surface area contributed by atoms with Gasteiger partial charge in [0.25, 0.3) is 23.6 Å². The largest absolute Gasteiger partial charge is 0.349 e. The fourth-order valence-electron chi connectivity index (χ4n) is 16.4. The Bertz CT molecular complexity index is 4690. The van der Waals surface area contributed by atoms with E-state index in [1.165, 1.54) is 40.1 Å². The van der Waals surface area contributed by atoms with Gasteiger partial charge in [0.1, 0.15) is 40.6 Å². The van der Waals surface area contributed by atoms with Crippen LogP contribution in [0, 0.1) is 68.3 Å². The van der Waals surface area contributed by atoms with E-state index in [1.807, 2.05) is 19.9 Å². The van der Waals surface area contributed by atoms with Crippen LogP contribution >= 0.6 is 34.8 Å². The summed E-state index contributed by atoms with van der Waals surface area (Å²) < 4.78 is 58.0. The molecule has 4 N–H and O–H groups in total. The van der Waals surface area contributed by atoms with Crippen molar-refractivity contribution in [2.75, 3.05) is 47.4 Å². The summed E-state index contributed by atoms with van der Waals surface area (Å²) in [7, 11) is 0. The number of hydrogen-bond donors (Lipinski definition) is 4. The molecule has 0 radical (unpaired) electrons. The minimum atomic E-state index is -1.04. The second kappa shape index (κ2) is 29.9. The van der Waals surface area contributed by atoms with Crippen LogP contribution in [0.3, 0.4) is 0 Å². The number of nitrogens with zero attached hydrogens (tertiary/aromatic N) is 11. The molecule has 9 heterocycles. The maximum atomic E-state index is 13.9. The van der Waals surface area contributed by atoms with E-state index in [0.29, 0.717) is 153 Å². The summed E-state index contributed by atoms with van der Waals surface area (Å²) in [4.78, 5) is 114. The number of aryl methyl sites for hydroxylation is 5. The second-order valence-corrected chi connectivity index (χ2v) is 30.3. The average Bonchev–Trinajstić information content (AvgIpc) is 0.822. The third-order valence-corrected chi connectivity index (χ3v) is 23.2. The summed E-state index contributed by atoms with van der Waals surface area (Å²) in [6, 6.07) is 14.0. The van der Waals surface area contributed by atoms with Crippen LogP contribution < -0.4 is 30.7 Å². The molecule has 104 heavy (non-hydrogen) atoms. The van der Waals surface area contributed by atoms with E-state index in [-0.39, 0.29) is 98.8 Å². The number of carbonyl (C=O) groups excluding carboxylic acids is 7. The van der Waals surface area contributed by atoms with Gasteiger partial charge in [-0.1, -0.05) is 34.8 Å². The molecule has 548 valence electrons. The lowest BCUT2D eigenvalue weighted by molar-refractivity contribution is -0.133. The van der Waals surface area contributed by atoms with Gasteiger partial charge >= 0.3 is 0 Å². The second-order valence-electron chi connectivity index (χ2n) is 29.1. The maximum Gasteiger partial charge on any atom is 0.272 e. The number of likely N-dealkylation sites (tertiary alicyclic amines) is 1.